The first-order chi connectivity index (χ1) is 14.9. The van der Waals surface area contributed by atoms with Gasteiger partial charge in [-0.1, -0.05) is 90.9 Å². The molecule has 5 nitrogen and oxygen atoms in total. The Hall–Kier alpha value is -1.10. The fourth-order valence-corrected chi connectivity index (χ4v) is 3.34. The summed E-state index contributed by atoms with van der Waals surface area (Å²) < 4.78 is 10.5. The highest BCUT2D eigenvalue weighted by Gasteiger charge is 2.35. The molecule has 0 spiro atoms. The van der Waals surface area contributed by atoms with E-state index in [2.05, 4.69) is 13.8 Å². The fraction of sp³-hybridized carbons (Fsp3) is 0.880. The van der Waals surface area contributed by atoms with Crippen LogP contribution < -0.4 is 0 Å². The van der Waals surface area contributed by atoms with Gasteiger partial charge in [-0.25, -0.2) is 0 Å². The summed E-state index contributed by atoms with van der Waals surface area (Å²) in [5.74, 6) is -0.681. The van der Waals surface area contributed by atoms with Crippen LogP contribution in [0.1, 0.15) is 124 Å². The fourth-order valence-electron chi connectivity index (χ4n) is 3.23. The van der Waals surface area contributed by atoms with Gasteiger partial charge in [-0.15, -0.1) is 0 Å². The lowest BCUT2D eigenvalue weighted by molar-refractivity contribution is -0.155. The lowest BCUT2D eigenvalue weighted by atomic mass is 9.95. The molecular weight excluding hydrogens is 416 g/mol. The average molecular weight is 461 g/mol. The standard InChI is InChI=1S/C25H45ClO5/c1-4-6-8-10-12-14-16-18-22(27)30-20-25(3,24(26)29)21-31-23(28)19-17-15-13-11-9-7-5-2/h4-21H2,1-3H3. The first-order valence-electron chi connectivity index (χ1n) is 12.4. The normalized spacial score (nSPS) is 11.4. The maximum atomic E-state index is 12.0. The van der Waals surface area contributed by atoms with E-state index in [4.69, 9.17) is 21.1 Å². The van der Waals surface area contributed by atoms with E-state index in [0.29, 0.717) is 12.8 Å². The van der Waals surface area contributed by atoms with Crippen molar-refractivity contribution in [2.45, 2.75) is 124 Å². The summed E-state index contributed by atoms with van der Waals surface area (Å²) in [6, 6.07) is 0. The number of ether oxygens (including phenoxy) is 2. The van der Waals surface area contributed by atoms with Gasteiger partial charge < -0.3 is 9.47 Å². The first kappa shape index (κ1) is 29.9. The van der Waals surface area contributed by atoms with Crippen LogP contribution in [0.5, 0.6) is 0 Å². The molecule has 0 unspecified atom stereocenters. The molecule has 0 atom stereocenters. The van der Waals surface area contributed by atoms with Gasteiger partial charge in [0.05, 0.1) is 0 Å². The Morgan fingerprint density at radius 1 is 0.613 bits per heavy atom. The highest BCUT2D eigenvalue weighted by atomic mass is 35.5. The van der Waals surface area contributed by atoms with E-state index >= 15 is 0 Å². The monoisotopic (exact) mass is 460 g/mol. The first-order valence-corrected chi connectivity index (χ1v) is 12.7. The molecule has 6 heteroatoms. The van der Waals surface area contributed by atoms with Crippen molar-refractivity contribution in [1.29, 1.82) is 0 Å². The Balaban J connectivity index is 4.02. The zero-order valence-corrected chi connectivity index (χ0v) is 20.9. The zero-order chi connectivity index (χ0) is 23.4. The number of carbonyl (C=O) groups is 3. The molecule has 0 rings (SSSR count). The molecule has 0 aromatic rings. The Labute approximate surface area is 195 Å². The van der Waals surface area contributed by atoms with Crippen LogP contribution in [0.2, 0.25) is 0 Å². The van der Waals surface area contributed by atoms with Gasteiger partial charge in [-0.3, -0.25) is 14.4 Å². The maximum Gasteiger partial charge on any atom is 0.305 e. The molecule has 0 bridgehead atoms. The molecule has 0 aliphatic rings. The summed E-state index contributed by atoms with van der Waals surface area (Å²) in [4.78, 5) is 35.8. The molecule has 0 radical (unpaired) electrons. The van der Waals surface area contributed by atoms with Crippen LogP contribution in [-0.2, 0) is 23.9 Å². The summed E-state index contributed by atoms with van der Waals surface area (Å²) in [7, 11) is 0. The van der Waals surface area contributed by atoms with Gasteiger partial charge >= 0.3 is 11.9 Å². The van der Waals surface area contributed by atoms with Crippen LogP contribution in [0.3, 0.4) is 0 Å². The molecule has 0 aliphatic carbocycles. The summed E-state index contributed by atoms with van der Waals surface area (Å²) in [5, 5.41) is -0.667. The Bertz CT molecular complexity index is 458. The van der Waals surface area contributed by atoms with E-state index in [1.807, 2.05) is 0 Å². The second kappa shape index (κ2) is 19.6. The van der Waals surface area contributed by atoms with Crippen molar-refractivity contribution >= 4 is 28.8 Å². The van der Waals surface area contributed by atoms with Crippen LogP contribution >= 0.6 is 11.6 Å². The van der Waals surface area contributed by atoms with E-state index in [0.717, 1.165) is 38.5 Å². The molecule has 0 heterocycles. The summed E-state index contributed by atoms with van der Waals surface area (Å²) >= 11 is 5.70. The van der Waals surface area contributed by atoms with Crippen molar-refractivity contribution in [2.75, 3.05) is 13.2 Å². The molecular formula is C25H45ClO5. The minimum absolute atomic E-state index is 0.171. The minimum atomic E-state index is -1.22. The van der Waals surface area contributed by atoms with Gasteiger partial charge in [0.1, 0.15) is 18.6 Å². The molecule has 0 amide bonds. The predicted molar refractivity (Wildman–Crippen MR) is 126 cm³/mol. The molecule has 0 aromatic heterocycles. The molecule has 0 saturated heterocycles. The Kier molecular flexibility index (Phi) is 18.9. The van der Waals surface area contributed by atoms with Crippen molar-refractivity contribution in [3.8, 4) is 0 Å². The second-order valence-electron chi connectivity index (χ2n) is 8.90. The van der Waals surface area contributed by atoms with E-state index in [1.54, 1.807) is 6.92 Å². The van der Waals surface area contributed by atoms with Gasteiger partial charge in [0, 0.05) is 12.8 Å². The third kappa shape index (κ3) is 17.2. The van der Waals surface area contributed by atoms with E-state index in [-0.39, 0.29) is 25.2 Å². The minimum Gasteiger partial charge on any atom is -0.464 e. The third-order valence-corrected chi connectivity index (χ3v) is 6.00. The van der Waals surface area contributed by atoms with Crippen molar-refractivity contribution < 1.29 is 23.9 Å². The number of esters is 2. The second-order valence-corrected chi connectivity index (χ2v) is 9.24. The Morgan fingerprint density at radius 2 is 0.935 bits per heavy atom. The number of carbonyl (C=O) groups excluding carboxylic acids is 3. The predicted octanol–water partition coefficient (Wildman–Crippen LogP) is 7.13. The SMILES string of the molecule is CCCCCCCCCC(=O)OCC(C)(COC(=O)CCCCCCCCC)C(=O)Cl. The molecule has 182 valence electrons. The van der Waals surface area contributed by atoms with E-state index < -0.39 is 10.7 Å². The molecule has 0 aliphatic heterocycles. The van der Waals surface area contributed by atoms with Crippen LogP contribution in [0, 0.1) is 5.41 Å². The lowest BCUT2D eigenvalue weighted by Gasteiger charge is -2.24. The summed E-state index contributed by atoms with van der Waals surface area (Å²) in [5.41, 5.74) is -1.22. The van der Waals surface area contributed by atoms with Crippen LogP contribution in [0.25, 0.3) is 0 Å². The summed E-state index contributed by atoms with van der Waals surface area (Å²) in [6.07, 6.45) is 16.3. The number of halogens is 1. The largest absolute Gasteiger partial charge is 0.464 e. The topological polar surface area (TPSA) is 69.7 Å². The number of unbranched alkanes of at least 4 members (excludes halogenated alkanes) is 12. The quantitative estimate of drug-likeness (QED) is 0.103. The van der Waals surface area contributed by atoms with Crippen LogP contribution in [0.15, 0.2) is 0 Å². The maximum absolute atomic E-state index is 12.0. The van der Waals surface area contributed by atoms with Crippen molar-refractivity contribution in [2.24, 2.45) is 5.41 Å². The van der Waals surface area contributed by atoms with Crippen LogP contribution in [0.4, 0.5) is 0 Å². The highest BCUT2D eigenvalue weighted by Crippen LogP contribution is 2.22. The van der Waals surface area contributed by atoms with Crippen molar-refractivity contribution in [3.05, 3.63) is 0 Å². The number of rotatable bonds is 21. The number of hydrogen-bond donors (Lipinski definition) is 0. The number of hydrogen-bond acceptors (Lipinski definition) is 5. The van der Waals surface area contributed by atoms with Crippen molar-refractivity contribution in [3.63, 3.8) is 0 Å². The smallest absolute Gasteiger partial charge is 0.305 e. The van der Waals surface area contributed by atoms with Gasteiger partial charge in [0.15, 0.2) is 0 Å². The molecule has 31 heavy (non-hydrogen) atoms. The lowest BCUT2D eigenvalue weighted by Crippen LogP contribution is -2.36. The Morgan fingerprint density at radius 3 is 1.26 bits per heavy atom. The van der Waals surface area contributed by atoms with Crippen LogP contribution in [-0.4, -0.2) is 30.4 Å². The van der Waals surface area contributed by atoms with Gasteiger partial charge in [0.2, 0.25) is 5.24 Å². The van der Waals surface area contributed by atoms with Gasteiger partial charge in [-0.2, -0.15) is 0 Å². The average Bonchev–Trinajstić information content (AvgIpc) is 2.75. The molecule has 0 N–H and O–H groups in total. The zero-order valence-electron chi connectivity index (χ0n) is 20.1. The van der Waals surface area contributed by atoms with E-state index in [9.17, 15) is 14.4 Å². The molecule has 0 fully saturated rings. The van der Waals surface area contributed by atoms with E-state index in [1.165, 1.54) is 51.4 Å². The van der Waals surface area contributed by atoms with Gasteiger partial charge in [0.25, 0.3) is 0 Å². The van der Waals surface area contributed by atoms with Gasteiger partial charge in [-0.05, 0) is 31.4 Å². The summed E-state index contributed by atoms with van der Waals surface area (Å²) in [6.45, 7) is 5.59. The van der Waals surface area contributed by atoms with Crippen molar-refractivity contribution in [1.82, 2.24) is 0 Å². The highest BCUT2D eigenvalue weighted by molar-refractivity contribution is 6.64. The molecule has 0 saturated carbocycles. The molecule has 0 aromatic carbocycles. The third-order valence-electron chi connectivity index (χ3n) is 5.55.